The topological polar surface area (TPSA) is 0 Å². The predicted octanol–water partition coefficient (Wildman–Crippen LogP) is 4.00. The van der Waals surface area contributed by atoms with Gasteiger partial charge < -0.3 is 0 Å². The fourth-order valence-electron chi connectivity index (χ4n) is 1.19. The summed E-state index contributed by atoms with van der Waals surface area (Å²) in [4.78, 5) is 0. The first-order valence-electron chi connectivity index (χ1n) is 4.34. The molecule has 0 aromatic heterocycles. The molecule has 0 aliphatic carbocycles. The largest absolute Gasteiger partial charge is 0.0840 e. The van der Waals surface area contributed by atoms with Crippen LogP contribution in [-0.4, -0.2) is 0 Å². The molecule has 12 heavy (non-hydrogen) atoms. The fourth-order valence-corrected chi connectivity index (χ4v) is 1.49. The molecule has 1 heteroatoms. The molecule has 0 bridgehead atoms. The average Bonchev–Trinajstić information content (AvgIpc) is 2.04. The molecule has 1 radical (unpaired) electrons. The van der Waals surface area contributed by atoms with E-state index in [2.05, 4.69) is 26.3 Å². The minimum Gasteiger partial charge on any atom is -0.0840 e. The summed E-state index contributed by atoms with van der Waals surface area (Å²) in [6, 6.07) is 6.02. The first-order chi connectivity index (χ1) is 5.75. The third-order valence-electron chi connectivity index (χ3n) is 1.91. The predicted molar refractivity (Wildman–Crippen MR) is 54.5 cm³/mol. The lowest BCUT2D eigenvalue weighted by atomic mass is 10.0. The Balaban J connectivity index is 2.81. The molecule has 0 spiro atoms. The highest BCUT2D eigenvalue weighted by Crippen LogP contribution is 2.22. The van der Waals surface area contributed by atoms with Crippen LogP contribution in [0.25, 0.3) is 0 Å². The molecule has 0 N–H and O–H groups in total. The third-order valence-corrected chi connectivity index (χ3v) is 2.24. The minimum atomic E-state index is 0.864. The van der Waals surface area contributed by atoms with E-state index in [-0.39, 0.29) is 0 Å². The van der Waals surface area contributed by atoms with E-state index in [4.69, 9.17) is 11.6 Å². The maximum Gasteiger partial charge on any atom is 0.0443 e. The van der Waals surface area contributed by atoms with Crippen LogP contribution >= 0.6 is 11.6 Å². The van der Waals surface area contributed by atoms with E-state index >= 15 is 0 Å². The molecule has 0 aliphatic rings. The van der Waals surface area contributed by atoms with E-state index < -0.39 is 0 Å². The summed E-state index contributed by atoms with van der Waals surface area (Å²) < 4.78 is 0. The Bertz CT molecular complexity index is 233. The third kappa shape index (κ3) is 2.25. The highest BCUT2D eigenvalue weighted by molar-refractivity contribution is 6.31. The van der Waals surface area contributed by atoms with Crippen molar-refractivity contribution in [3.05, 3.63) is 40.8 Å². The molecule has 0 saturated heterocycles. The van der Waals surface area contributed by atoms with Gasteiger partial charge in [-0.1, -0.05) is 37.1 Å². The summed E-state index contributed by atoms with van der Waals surface area (Å²) in [6.07, 6.45) is 4.48. The van der Waals surface area contributed by atoms with Gasteiger partial charge in [-0.15, -0.1) is 0 Å². The van der Waals surface area contributed by atoms with Crippen molar-refractivity contribution in [3.63, 3.8) is 0 Å². The summed E-state index contributed by atoms with van der Waals surface area (Å²) in [5, 5.41) is 0.864. The van der Waals surface area contributed by atoms with E-state index in [0.717, 1.165) is 11.4 Å². The normalized spacial score (nSPS) is 10.2. The molecule has 0 amide bonds. The SMILES string of the molecule is CCC[CH]c1c(C)cccc1Cl. The van der Waals surface area contributed by atoms with Gasteiger partial charge in [0.25, 0.3) is 0 Å². The Kier molecular flexibility index (Phi) is 3.61. The van der Waals surface area contributed by atoms with E-state index in [0.29, 0.717) is 0 Å². The second kappa shape index (κ2) is 4.51. The number of rotatable bonds is 3. The van der Waals surface area contributed by atoms with Crippen molar-refractivity contribution in [1.29, 1.82) is 0 Å². The molecule has 65 valence electrons. The number of hydrogen-bond donors (Lipinski definition) is 0. The van der Waals surface area contributed by atoms with Crippen LogP contribution in [0.4, 0.5) is 0 Å². The second-order valence-electron chi connectivity index (χ2n) is 2.96. The molecular formula is C11H14Cl. The van der Waals surface area contributed by atoms with Crippen molar-refractivity contribution in [1.82, 2.24) is 0 Å². The molecule has 0 saturated carbocycles. The average molecular weight is 182 g/mol. The monoisotopic (exact) mass is 181 g/mol. The van der Waals surface area contributed by atoms with Gasteiger partial charge in [0.15, 0.2) is 0 Å². The second-order valence-corrected chi connectivity index (χ2v) is 3.37. The van der Waals surface area contributed by atoms with Crippen LogP contribution in [0.3, 0.4) is 0 Å². The highest BCUT2D eigenvalue weighted by atomic mass is 35.5. The number of benzene rings is 1. The Morgan fingerprint density at radius 1 is 1.42 bits per heavy atom. The van der Waals surface area contributed by atoms with Crippen LogP contribution in [-0.2, 0) is 0 Å². The number of aryl methyl sites for hydroxylation is 1. The van der Waals surface area contributed by atoms with Gasteiger partial charge in [-0.3, -0.25) is 0 Å². The van der Waals surface area contributed by atoms with E-state index in [1.54, 1.807) is 0 Å². The zero-order valence-corrected chi connectivity index (χ0v) is 8.36. The lowest BCUT2D eigenvalue weighted by Gasteiger charge is -2.05. The molecule has 0 aliphatic heterocycles. The molecular weight excluding hydrogens is 168 g/mol. The van der Waals surface area contributed by atoms with Crippen LogP contribution < -0.4 is 0 Å². The van der Waals surface area contributed by atoms with Gasteiger partial charge in [0, 0.05) is 5.02 Å². The van der Waals surface area contributed by atoms with Crippen LogP contribution in [0.15, 0.2) is 18.2 Å². The summed E-state index contributed by atoms with van der Waals surface area (Å²) in [6.45, 7) is 4.26. The van der Waals surface area contributed by atoms with Crippen molar-refractivity contribution < 1.29 is 0 Å². The summed E-state index contributed by atoms with van der Waals surface area (Å²) in [5.74, 6) is 0. The highest BCUT2D eigenvalue weighted by Gasteiger charge is 2.01. The van der Waals surface area contributed by atoms with Crippen LogP contribution in [0.1, 0.15) is 30.9 Å². The molecule has 0 atom stereocenters. The lowest BCUT2D eigenvalue weighted by Crippen LogP contribution is -1.87. The van der Waals surface area contributed by atoms with Crippen molar-refractivity contribution >= 4 is 11.6 Å². The van der Waals surface area contributed by atoms with Gasteiger partial charge in [0.2, 0.25) is 0 Å². The maximum atomic E-state index is 6.03. The molecule has 1 rings (SSSR count). The van der Waals surface area contributed by atoms with Crippen molar-refractivity contribution in [2.24, 2.45) is 0 Å². The van der Waals surface area contributed by atoms with Gasteiger partial charge >= 0.3 is 0 Å². The van der Waals surface area contributed by atoms with Gasteiger partial charge in [-0.25, -0.2) is 0 Å². The smallest absolute Gasteiger partial charge is 0.0443 e. The van der Waals surface area contributed by atoms with E-state index in [1.807, 2.05) is 12.1 Å². The van der Waals surface area contributed by atoms with Crippen LogP contribution in [0, 0.1) is 13.3 Å². The zero-order chi connectivity index (χ0) is 8.97. The quantitative estimate of drug-likeness (QED) is 0.661. The summed E-state index contributed by atoms with van der Waals surface area (Å²) >= 11 is 6.03. The van der Waals surface area contributed by atoms with Crippen molar-refractivity contribution in [2.75, 3.05) is 0 Å². The van der Waals surface area contributed by atoms with Gasteiger partial charge in [0.1, 0.15) is 0 Å². The molecule has 0 heterocycles. The van der Waals surface area contributed by atoms with E-state index in [9.17, 15) is 0 Å². The van der Waals surface area contributed by atoms with Crippen LogP contribution in [0.2, 0.25) is 5.02 Å². The molecule has 1 aromatic rings. The lowest BCUT2D eigenvalue weighted by molar-refractivity contribution is 0.911. The molecule has 1 aromatic carbocycles. The number of halogens is 1. The molecule has 0 fully saturated rings. The first-order valence-corrected chi connectivity index (χ1v) is 4.71. The molecule has 0 unspecified atom stereocenters. The fraction of sp³-hybridized carbons (Fsp3) is 0.364. The van der Waals surface area contributed by atoms with E-state index in [1.165, 1.54) is 17.5 Å². The Morgan fingerprint density at radius 3 is 2.75 bits per heavy atom. The zero-order valence-electron chi connectivity index (χ0n) is 7.60. The van der Waals surface area contributed by atoms with Gasteiger partial charge in [0.05, 0.1) is 0 Å². The van der Waals surface area contributed by atoms with Gasteiger partial charge in [-0.05, 0) is 37.0 Å². The molecule has 0 nitrogen and oxygen atoms in total. The van der Waals surface area contributed by atoms with Crippen molar-refractivity contribution in [3.8, 4) is 0 Å². The van der Waals surface area contributed by atoms with Crippen LogP contribution in [0.5, 0.6) is 0 Å². The number of unbranched alkanes of at least 4 members (excludes halogenated alkanes) is 1. The Hall–Kier alpha value is -0.490. The Labute approximate surface area is 79.6 Å². The summed E-state index contributed by atoms with van der Waals surface area (Å²) in [7, 11) is 0. The standard InChI is InChI=1S/C11H14Cl/c1-3-4-7-10-9(2)6-5-8-11(10)12/h5-8H,3-4H2,1-2H3. The minimum absolute atomic E-state index is 0.864. The summed E-state index contributed by atoms with van der Waals surface area (Å²) in [5.41, 5.74) is 2.46. The number of hydrogen-bond acceptors (Lipinski definition) is 0. The first kappa shape index (κ1) is 9.60. The maximum absolute atomic E-state index is 6.03. The van der Waals surface area contributed by atoms with Gasteiger partial charge in [-0.2, -0.15) is 0 Å². The Morgan fingerprint density at radius 2 is 2.17 bits per heavy atom. The van der Waals surface area contributed by atoms with Crippen molar-refractivity contribution in [2.45, 2.75) is 26.7 Å².